The molecule has 1 N–H and O–H groups in total. The molecule has 0 aliphatic carbocycles. The van der Waals surface area contributed by atoms with Crippen molar-refractivity contribution < 1.29 is 23.9 Å². The molecule has 0 aromatic heterocycles. The summed E-state index contributed by atoms with van der Waals surface area (Å²) in [6, 6.07) is 20.5. The van der Waals surface area contributed by atoms with E-state index >= 15 is 0 Å². The van der Waals surface area contributed by atoms with Crippen molar-refractivity contribution in [3.63, 3.8) is 0 Å². The standard InChI is InChI=1S/C24H22N2O5/c1-16(24(29)25-19-11-10-17-6-2-3-7-18(17)14-19)31-23(28)12-13-26-20-8-4-5-9-21(20)30-15-22(26)27/h2-11,14,16H,12-13,15H2,1H3,(H,25,29)/t16-/m1/s1. The molecule has 0 fully saturated rings. The number of nitrogens with one attached hydrogen (secondary N) is 1. The van der Waals surface area contributed by atoms with E-state index in [0.29, 0.717) is 17.1 Å². The van der Waals surface area contributed by atoms with Crippen LogP contribution in [0.2, 0.25) is 0 Å². The first-order valence-corrected chi connectivity index (χ1v) is 10.0. The molecule has 0 saturated carbocycles. The first kappa shape index (κ1) is 20.4. The Hall–Kier alpha value is -3.87. The van der Waals surface area contributed by atoms with Crippen LogP contribution in [0.5, 0.6) is 5.75 Å². The van der Waals surface area contributed by atoms with E-state index in [-0.39, 0.29) is 25.5 Å². The molecule has 3 aromatic carbocycles. The van der Waals surface area contributed by atoms with Gasteiger partial charge in [0.25, 0.3) is 11.8 Å². The van der Waals surface area contributed by atoms with E-state index in [1.807, 2.05) is 42.5 Å². The van der Waals surface area contributed by atoms with Crippen LogP contribution in [0.15, 0.2) is 66.7 Å². The van der Waals surface area contributed by atoms with Crippen molar-refractivity contribution in [2.24, 2.45) is 0 Å². The Balaban J connectivity index is 1.32. The molecule has 4 rings (SSSR count). The van der Waals surface area contributed by atoms with Crippen LogP contribution >= 0.6 is 0 Å². The van der Waals surface area contributed by atoms with Gasteiger partial charge in [0.15, 0.2) is 12.7 Å². The van der Waals surface area contributed by atoms with Crippen LogP contribution in [0.4, 0.5) is 11.4 Å². The van der Waals surface area contributed by atoms with Gasteiger partial charge in [-0.1, -0.05) is 42.5 Å². The van der Waals surface area contributed by atoms with Crippen molar-refractivity contribution in [1.82, 2.24) is 0 Å². The summed E-state index contributed by atoms with van der Waals surface area (Å²) in [5.74, 6) is -0.610. The lowest BCUT2D eigenvalue weighted by atomic mass is 10.1. The average molecular weight is 418 g/mol. The van der Waals surface area contributed by atoms with Gasteiger partial charge in [0, 0.05) is 12.2 Å². The van der Waals surface area contributed by atoms with E-state index in [2.05, 4.69) is 5.32 Å². The monoisotopic (exact) mass is 418 g/mol. The minimum absolute atomic E-state index is 0.0341. The van der Waals surface area contributed by atoms with Crippen LogP contribution in [0, 0.1) is 0 Å². The Kier molecular flexibility index (Phi) is 5.84. The first-order chi connectivity index (χ1) is 15.0. The smallest absolute Gasteiger partial charge is 0.308 e. The number of hydrogen-bond donors (Lipinski definition) is 1. The third kappa shape index (κ3) is 4.66. The van der Waals surface area contributed by atoms with Crippen LogP contribution in [-0.4, -0.2) is 37.0 Å². The van der Waals surface area contributed by atoms with Gasteiger partial charge >= 0.3 is 5.97 Å². The third-order valence-electron chi connectivity index (χ3n) is 5.04. The molecule has 31 heavy (non-hydrogen) atoms. The SMILES string of the molecule is C[C@@H](OC(=O)CCN1C(=O)COc2ccccc21)C(=O)Nc1ccc2ccccc2c1. The van der Waals surface area contributed by atoms with Gasteiger partial charge in [-0.15, -0.1) is 0 Å². The summed E-state index contributed by atoms with van der Waals surface area (Å²) < 4.78 is 10.7. The summed E-state index contributed by atoms with van der Waals surface area (Å²) in [6.45, 7) is 1.59. The molecular formula is C24H22N2O5. The highest BCUT2D eigenvalue weighted by atomic mass is 16.5. The number of nitrogens with zero attached hydrogens (tertiary/aromatic N) is 1. The highest BCUT2D eigenvalue weighted by Gasteiger charge is 2.26. The first-order valence-electron chi connectivity index (χ1n) is 10.0. The van der Waals surface area contributed by atoms with Crippen LogP contribution in [-0.2, 0) is 19.1 Å². The summed E-state index contributed by atoms with van der Waals surface area (Å²) in [5, 5.41) is 4.84. The second-order valence-corrected chi connectivity index (χ2v) is 7.24. The molecule has 1 aliphatic rings. The minimum atomic E-state index is -0.966. The number of fused-ring (bicyclic) bond motifs is 2. The predicted octanol–water partition coefficient (Wildman–Crippen LogP) is 3.53. The summed E-state index contributed by atoms with van der Waals surface area (Å²) in [7, 11) is 0. The van der Waals surface area contributed by atoms with Crippen molar-refractivity contribution in [2.45, 2.75) is 19.4 Å². The summed E-state index contributed by atoms with van der Waals surface area (Å²) in [4.78, 5) is 38.4. The van der Waals surface area contributed by atoms with Gasteiger partial charge in [-0.05, 0) is 42.0 Å². The second-order valence-electron chi connectivity index (χ2n) is 7.24. The maximum absolute atomic E-state index is 12.4. The largest absolute Gasteiger partial charge is 0.482 e. The van der Waals surface area contributed by atoms with E-state index in [0.717, 1.165) is 10.8 Å². The maximum Gasteiger partial charge on any atom is 0.308 e. The van der Waals surface area contributed by atoms with Gasteiger partial charge < -0.3 is 19.7 Å². The number of anilines is 2. The van der Waals surface area contributed by atoms with Crippen LogP contribution < -0.4 is 15.0 Å². The van der Waals surface area contributed by atoms with E-state index in [1.165, 1.54) is 11.8 Å². The Labute approximate surface area is 179 Å². The molecule has 0 unspecified atom stereocenters. The average Bonchev–Trinajstić information content (AvgIpc) is 2.78. The zero-order valence-corrected chi connectivity index (χ0v) is 17.0. The zero-order chi connectivity index (χ0) is 21.8. The van der Waals surface area contributed by atoms with E-state index in [4.69, 9.17) is 9.47 Å². The summed E-state index contributed by atoms with van der Waals surface area (Å²) in [5.41, 5.74) is 1.25. The van der Waals surface area contributed by atoms with E-state index in [1.54, 1.807) is 24.3 Å². The topological polar surface area (TPSA) is 84.9 Å². The Bertz CT molecular complexity index is 1140. The van der Waals surface area contributed by atoms with Gasteiger partial charge in [0.1, 0.15) is 5.75 Å². The molecule has 0 spiro atoms. The van der Waals surface area contributed by atoms with Crippen molar-refractivity contribution in [3.05, 3.63) is 66.7 Å². The molecular weight excluding hydrogens is 396 g/mol. The van der Waals surface area contributed by atoms with E-state index < -0.39 is 18.0 Å². The number of amides is 2. The maximum atomic E-state index is 12.4. The molecule has 1 aliphatic heterocycles. The van der Waals surface area contributed by atoms with Gasteiger partial charge in [-0.3, -0.25) is 14.4 Å². The van der Waals surface area contributed by atoms with Crippen LogP contribution in [0.3, 0.4) is 0 Å². The minimum Gasteiger partial charge on any atom is -0.482 e. The number of benzene rings is 3. The highest BCUT2D eigenvalue weighted by Crippen LogP contribution is 2.31. The third-order valence-corrected chi connectivity index (χ3v) is 5.04. The van der Waals surface area contributed by atoms with Crippen LogP contribution in [0.1, 0.15) is 13.3 Å². The molecule has 2 amide bonds. The van der Waals surface area contributed by atoms with Gasteiger partial charge in [-0.25, -0.2) is 0 Å². The molecule has 0 bridgehead atoms. The molecule has 3 aromatic rings. The number of carbonyl (C=O) groups excluding carboxylic acids is 3. The molecule has 7 nitrogen and oxygen atoms in total. The fourth-order valence-corrected chi connectivity index (χ4v) is 3.42. The Morgan fingerprint density at radius 2 is 1.81 bits per heavy atom. The normalized spacial score (nSPS) is 13.8. The van der Waals surface area contributed by atoms with Crippen LogP contribution in [0.25, 0.3) is 10.8 Å². The number of hydrogen-bond acceptors (Lipinski definition) is 5. The lowest BCUT2D eigenvalue weighted by molar-refractivity contribution is -0.153. The number of rotatable bonds is 6. The zero-order valence-electron chi connectivity index (χ0n) is 17.0. The van der Waals surface area contributed by atoms with Crippen molar-refractivity contribution in [3.8, 4) is 5.75 Å². The van der Waals surface area contributed by atoms with Crippen molar-refractivity contribution in [1.29, 1.82) is 0 Å². The fourth-order valence-electron chi connectivity index (χ4n) is 3.42. The van der Waals surface area contributed by atoms with Gasteiger partial charge in [-0.2, -0.15) is 0 Å². The number of para-hydroxylation sites is 2. The van der Waals surface area contributed by atoms with Crippen molar-refractivity contribution >= 4 is 39.9 Å². The number of esters is 1. The fraction of sp³-hybridized carbons (Fsp3) is 0.208. The molecule has 158 valence electrons. The summed E-state index contributed by atoms with van der Waals surface area (Å²) in [6.07, 6.45) is -1.00. The lowest BCUT2D eigenvalue weighted by Gasteiger charge is -2.29. The Morgan fingerprint density at radius 3 is 2.65 bits per heavy atom. The molecule has 1 atom stereocenters. The van der Waals surface area contributed by atoms with E-state index in [9.17, 15) is 14.4 Å². The number of ether oxygens (including phenoxy) is 2. The lowest BCUT2D eigenvalue weighted by Crippen LogP contribution is -2.40. The number of carbonyl (C=O) groups is 3. The highest BCUT2D eigenvalue weighted by molar-refractivity contribution is 5.99. The summed E-state index contributed by atoms with van der Waals surface area (Å²) >= 11 is 0. The molecule has 7 heteroatoms. The van der Waals surface area contributed by atoms with Crippen molar-refractivity contribution in [2.75, 3.05) is 23.4 Å². The second kappa shape index (κ2) is 8.87. The Morgan fingerprint density at radius 1 is 1.06 bits per heavy atom. The van der Waals surface area contributed by atoms with Gasteiger partial charge in [0.2, 0.25) is 0 Å². The molecule has 0 radical (unpaired) electrons. The molecule has 1 heterocycles. The predicted molar refractivity (Wildman–Crippen MR) is 117 cm³/mol. The van der Waals surface area contributed by atoms with Gasteiger partial charge in [0.05, 0.1) is 12.1 Å². The quantitative estimate of drug-likeness (QED) is 0.619. The molecule has 0 saturated heterocycles.